The van der Waals surface area contributed by atoms with E-state index in [9.17, 15) is 9.59 Å². The second-order valence-corrected chi connectivity index (χ2v) is 10.9. The number of amides is 2. The van der Waals surface area contributed by atoms with Crippen LogP contribution in [0.5, 0.6) is 5.88 Å². The van der Waals surface area contributed by atoms with Gasteiger partial charge in [-0.15, -0.1) is 0 Å². The lowest BCUT2D eigenvalue weighted by Crippen LogP contribution is -2.45. The van der Waals surface area contributed by atoms with Crippen molar-refractivity contribution in [1.82, 2.24) is 19.9 Å². The van der Waals surface area contributed by atoms with Crippen molar-refractivity contribution in [1.29, 1.82) is 0 Å². The molecular formula is C29H32N8O3. The van der Waals surface area contributed by atoms with Gasteiger partial charge in [0.15, 0.2) is 0 Å². The first-order valence-electron chi connectivity index (χ1n) is 14.0. The first kappa shape index (κ1) is 24.8. The third-order valence-electron chi connectivity index (χ3n) is 8.22. The maximum absolute atomic E-state index is 12.5. The molecule has 3 saturated heterocycles. The van der Waals surface area contributed by atoms with Gasteiger partial charge < -0.3 is 29.7 Å². The quantitative estimate of drug-likeness (QED) is 0.523. The Labute approximate surface area is 232 Å². The fraction of sp³-hybridized carbons (Fsp3) is 0.414. The second kappa shape index (κ2) is 10.1. The number of benzene rings is 1. The minimum Gasteiger partial charge on any atom is -0.474 e. The van der Waals surface area contributed by atoms with Crippen LogP contribution in [0.2, 0.25) is 0 Å². The van der Waals surface area contributed by atoms with Crippen LogP contribution in [0.25, 0.3) is 11.1 Å². The van der Waals surface area contributed by atoms with Crippen molar-refractivity contribution in [2.24, 2.45) is 0 Å². The maximum Gasteiger partial charge on any atom is 0.238 e. The number of carbonyl (C=O) groups is 2. The summed E-state index contributed by atoms with van der Waals surface area (Å²) in [6.45, 7) is 4.86. The Morgan fingerprint density at radius 3 is 2.55 bits per heavy atom. The molecule has 4 aliphatic heterocycles. The van der Waals surface area contributed by atoms with Crippen LogP contribution in [0.1, 0.15) is 25.7 Å². The lowest BCUT2D eigenvalue weighted by Gasteiger charge is -2.34. The number of ether oxygens (including phenoxy) is 1. The highest BCUT2D eigenvalue weighted by molar-refractivity contribution is 5.98. The number of fused-ring (bicyclic) bond motifs is 3. The van der Waals surface area contributed by atoms with Crippen molar-refractivity contribution in [2.45, 2.75) is 31.7 Å². The zero-order chi connectivity index (χ0) is 27.2. The third kappa shape index (κ3) is 4.49. The Balaban J connectivity index is 1.19. The number of aromatic nitrogens is 3. The van der Waals surface area contributed by atoms with Crippen molar-refractivity contribution in [3.63, 3.8) is 0 Å². The summed E-state index contributed by atoms with van der Waals surface area (Å²) >= 11 is 0. The molecule has 0 saturated carbocycles. The average molecular weight is 541 g/mol. The van der Waals surface area contributed by atoms with Gasteiger partial charge in [-0.25, -0.2) is 9.97 Å². The number of hydrogen-bond donors (Lipinski definition) is 1. The van der Waals surface area contributed by atoms with Crippen LogP contribution in [0.4, 0.5) is 28.8 Å². The molecular weight excluding hydrogens is 508 g/mol. The maximum atomic E-state index is 12.5. The van der Waals surface area contributed by atoms with E-state index in [0.29, 0.717) is 42.7 Å². The topological polar surface area (TPSA) is 107 Å². The highest BCUT2D eigenvalue weighted by Crippen LogP contribution is 2.39. The second-order valence-electron chi connectivity index (χ2n) is 10.9. The molecule has 11 nitrogen and oxygen atoms in total. The highest BCUT2D eigenvalue weighted by atomic mass is 16.5. The molecule has 0 aliphatic carbocycles. The smallest absolute Gasteiger partial charge is 0.238 e. The summed E-state index contributed by atoms with van der Waals surface area (Å²) in [5.74, 6) is 2.08. The number of nitrogens with one attached hydrogen (secondary N) is 1. The summed E-state index contributed by atoms with van der Waals surface area (Å²) in [6.07, 6.45) is 6.37. The number of carbonyl (C=O) groups excluding carboxylic acids is 2. The van der Waals surface area contributed by atoms with E-state index >= 15 is 0 Å². The van der Waals surface area contributed by atoms with Gasteiger partial charge in [-0.05, 0) is 43.7 Å². The molecule has 2 aromatic heterocycles. The van der Waals surface area contributed by atoms with E-state index in [1.54, 1.807) is 6.20 Å². The van der Waals surface area contributed by atoms with E-state index in [2.05, 4.69) is 32.1 Å². The minimum absolute atomic E-state index is 0.0615. The SMILES string of the molecule is CN1CCN(c2nc(Nc3cnc4c(c3)N3C(=O)CC[C@H]3CO4)ncc2-c2ccc(N3CCCC3=O)cc2)CC1. The lowest BCUT2D eigenvalue weighted by atomic mass is 10.1. The van der Waals surface area contributed by atoms with E-state index in [0.717, 1.165) is 68.2 Å². The molecule has 0 spiro atoms. The fourth-order valence-corrected chi connectivity index (χ4v) is 5.97. The van der Waals surface area contributed by atoms with Gasteiger partial charge in [0.2, 0.25) is 23.6 Å². The number of hydrogen-bond acceptors (Lipinski definition) is 9. The normalized spacial score (nSPS) is 20.9. The molecule has 3 fully saturated rings. The first-order chi connectivity index (χ1) is 19.5. The summed E-state index contributed by atoms with van der Waals surface area (Å²) in [4.78, 5) is 47.1. The molecule has 2 amide bonds. The Morgan fingerprint density at radius 2 is 1.77 bits per heavy atom. The first-order valence-corrected chi connectivity index (χ1v) is 14.0. The van der Waals surface area contributed by atoms with Crippen LogP contribution >= 0.6 is 0 Å². The largest absolute Gasteiger partial charge is 0.474 e. The molecule has 3 aromatic rings. The van der Waals surface area contributed by atoms with Crippen molar-refractivity contribution in [3.8, 4) is 17.0 Å². The predicted molar refractivity (Wildman–Crippen MR) is 152 cm³/mol. The molecule has 11 heteroatoms. The van der Waals surface area contributed by atoms with Gasteiger partial charge in [0, 0.05) is 63.0 Å². The average Bonchev–Trinajstić information content (AvgIpc) is 3.59. The monoisotopic (exact) mass is 540 g/mol. The van der Waals surface area contributed by atoms with Crippen LogP contribution in [0.15, 0.2) is 42.7 Å². The van der Waals surface area contributed by atoms with Gasteiger partial charge in [0.05, 0.1) is 17.9 Å². The van der Waals surface area contributed by atoms with Gasteiger partial charge in [-0.3, -0.25) is 9.59 Å². The van der Waals surface area contributed by atoms with Crippen LogP contribution < -0.4 is 24.8 Å². The van der Waals surface area contributed by atoms with Gasteiger partial charge in [-0.1, -0.05) is 12.1 Å². The third-order valence-corrected chi connectivity index (χ3v) is 8.22. The van der Waals surface area contributed by atoms with E-state index in [4.69, 9.17) is 9.72 Å². The van der Waals surface area contributed by atoms with Gasteiger partial charge in [-0.2, -0.15) is 4.98 Å². The lowest BCUT2D eigenvalue weighted by molar-refractivity contribution is -0.118. The van der Waals surface area contributed by atoms with Crippen LogP contribution in [-0.2, 0) is 9.59 Å². The molecule has 7 rings (SSSR count). The van der Waals surface area contributed by atoms with E-state index in [1.807, 2.05) is 46.3 Å². The number of likely N-dealkylation sites (N-methyl/N-ethyl adjacent to an activating group) is 1. The Kier molecular flexibility index (Phi) is 6.22. The number of anilines is 5. The van der Waals surface area contributed by atoms with Crippen molar-refractivity contribution >= 4 is 40.6 Å². The zero-order valence-electron chi connectivity index (χ0n) is 22.5. The van der Waals surface area contributed by atoms with E-state index in [1.165, 1.54) is 0 Å². The predicted octanol–water partition coefficient (Wildman–Crippen LogP) is 3.05. The van der Waals surface area contributed by atoms with Crippen LogP contribution in [0.3, 0.4) is 0 Å². The zero-order valence-corrected chi connectivity index (χ0v) is 22.5. The Bertz CT molecular complexity index is 1450. The summed E-state index contributed by atoms with van der Waals surface area (Å²) in [5, 5.41) is 3.31. The van der Waals surface area contributed by atoms with E-state index in [-0.39, 0.29) is 17.9 Å². The van der Waals surface area contributed by atoms with Crippen LogP contribution in [-0.4, -0.2) is 84.1 Å². The Hall–Kier alpha value is -4.25. The van der Waals surface area contributed by atoms with Crippen molar-refractivity contribution in [3.05, 3.63) is 42.7 Å². The number of rotatable bonds is 5. The summed E-state index contributed by atoms with van der Waals surface area (Å²) in [7, 11) is 2.13. The molecule has 1 atom stereocenters. The van der Waals surface area contributed by atoms with Gasteiger partial charge in [0.1, 0.15) is 18.1 Å². The Morgan fingerprint density at radius 1 is 0.950 bits per heavy atom. The van der Waals surface area contributed by atoms with Crippen molar-refractivity contribution in [2.75, 3.05) is 66.4 Å². The number of pyridine rings is 1. The molecule has 0 bridgehead atoms. The van der Waals surface area contributed by atoms with Crippen LogP contribution in [0, 0.1) is 0 Å². The van der Waals surface area contributed by atoms with Crippen molar-refractivity contribution < 1.29 is 14.3 Å². The highest BCUT2D eigenvalue weighted by Gasteiger charge is 2.38. The number of nitrogens with zero attached hydrogens (tertiary/aromatic N) is 7. The summed E-state index contributed by atoms with van der Waals surface area (Å²) < 4.78 is 5.81. The fourth-order valence-electron chi connectivity index (χ4n) is 5.97. The molecule has 1 aromatic carbocycles. The molecule has 0 unspecified atom stereocenters. The number of piperazine rings is 1. The molecule has 0 radical (unpaired) electrons. The molecule has 1 N–H and O–H groups in total. The summed E-state index contributed by atoms with van der Waals surface area (Å²) in [6, 6.07) is 10.1. The summed E-state index contributed by atoms with van der Waals surface area (Å²) in [5.41, 5.74) is 4.25. The molecule has 206 valence electrons. The van der Waals surface area contributed by atoms with E-state index < -0.39 is 0 Å². The standard InChI is InChI=1S/C29H32N8O3/c1-34-11-13-35(14-12-34)27-23(19-4-6-21(7-5-19)36-10-2-3-25(36)38)17-31-29(33-27)32-20-15-24-28(30-16-20)40-18-22-8-9-26(39)37(22)24/h4-7,15-17,22H,2-3,8-14,18H2,1H3,(H,31,32,33)/t22-/m0/s1. The molecule has 40 heavy (non-hydrogen) atoms. The molecule has 4 aliphatic rings. The van der Waals surface area contributed by atoms with Gasteiger partial charge in [0.25, 0.3) is 0 Å². The minimum atomic E-state index is 0.0615. The van der Waals surface area contributed by atoms with Gasteiger partial charge >= 0.3 is 0 Å². The molecule has 6 heterocycles.